The van der Waals surface area contributed by atoms with Gasteiger partial charge in [-0.05, 0) is 0 Å². The van der Waals surface area contributed by atoms with Crippen LogP contribution in [0.15, 0.2) is 0 Å². The topological polar surface area (TPSA) is 40.5 Å². The van der Waals surface area contributed by atoms with Gasteiger partial charge in [-0.2, -0.15) is 0 Å². The van der Waals surface area contributed by atoms with E-state index in [1.807, 2.05) is 7.05 Å². The van der Waals surface area contributed by atoms with Crippen molar-refractivity contribution in [2.24, 2.45) is 0 Å². The Morgan fingerprint density at radius 1 is 1.50 bits per heavy atom. The predicted octanol–water partition coefficient (Wildman–Crippen LogP) is -0.462. The van der Waals surface area contributed by atoms with Crippen molar-refractivity contribution in [2.75, 3.05) is 26.9 Å². The number of likely N-dealkylation sites (tertiary alicyclic amines) is 1. The fourth-order valence-electron chi connectivity index (χ4n) is 1.66. The summed E-state index contributed by atoms with van der Waals surface area (Å²) < 4.78 is 0.635. The Bertz CT molecular complexity index is 118. The largest absolute Gasteiger partial charge is 0.390 e. The van der Waals surface area contributed by atoms with E-state index in [2.05, 4.69) is 0 Å². The number of likely N-dealkylation sites (N-methyl/N-ethyl adjacent to an activating group) is 1. The van der Waals surface area contributed by atoms with Crippen molar-refractivity contribution in [2.45, 2.75) is 18.9 Å². The summed E-state index contributed by atoms with van der Waals surface area (Å²) in [5.41, 5.74) is 0. The molecule has 0 spiro atoms. The first-order chi connectivity index (χ1) is 4.73. The monoisotopic (exact) mass is 146 g/mol. The van der Waals surface area contributed by atoms with E-state index in [-0.39, 0.29) is 19.4 Å². The van der Waals surface area contributed by atoms with Crippen LogP contribution in [-0.4, -0.2) is 47.7 Å². The Morgan fingerprint density at radius 3 is 2.60 bits per heavy atom. The van der Waals surface area contributed by atoms with Gasteiger partial charge >= 0.3 is 0 Å². The lowest BCUT2D eigenvalue weighted by atomic mass is 10.2. The van der Waals surface area contributed by atoms with Crippen LogP contribution in [0, 0.1) is 0 Å². The molecule has 3 heteroatoms. The Hall–Kier alpha value is -0.120. The Labute approximate surface area is 61.5 Å². The van der Waals surface area contributed by atoms with Crippen molar-refractivity contribution in [3.05, 3.63) is 0 Å². The molecule has 0 aromatic heterocycles. The maximum Gasteiger partial charge on any atom is 0.180 e. The SMILES string of the molecule is C[N+]1(CO)CCCC1CO. The van der Waals surface area contributed by atoms with Gasteiger partial charge in [0.25, 0.3) is 0 Å². The average Bonchev–Trinajstić information content (AvgIpc) is 2.32. The molecule has 1 rings (SSSR count). The van der Waals surface area contributed by atoms with Crippen molar-refractivity contribution >= 4 is 0 Å². The molecule has 3 nitrogen and oxygen atoms in total. The lowest BCUT2D eigenvalue weighted by molar-refractivity contribution is -0.938. The molecule has 0 aromatic carbocycles. The molecule has 1 saturated heterocycles. The van der Waals surface area contributed by atoms with E-state index in [9.17, 15) is 0 Å². The minimum Gasteiger partial charge on any atom is -0.390 e. The van der Waals surface area contributed by atoms with Gasteiger partial charge in [-0.1, -0.05) is 0 Å². The highest BCUT2D eigenvalue weighted by Gasteiger charge is 2.36. The smallest absolute Gasteiger partial charge is 0.180 e. The fraction of sp³-hybridized carbons (Fsp3) is 1.00. The summed E-state index contributed by atoms with van der Waals surface area (Å²) in [6.07, 6.45) is 2.18. The molecule has 2 unspecified atom stereocenters. The van der Waals surface area contributed by atoms with E-state index < -0.39 is 0 Å². The highest BCUT2D eigenvalue weighted by Crippen LogP contribution is 2.22. The number of hydrogen-bond acceptors (Lipinski definition) is 2. The van der Waals surface area contributed by atoms with Crippen LogP contribution < -0.4 is 0 Å². The van der Waals surface area contributed by atoms with Crippen molar-refractivity contribution in [3.63, 3.8) is 0 Å². The second kappa shape index (κ2) is 2.86. The zero-order valence-electron chi connectivity index (χ0n) is 6.45. The van der Waals surface area contributed by atoms with E-state index in [4.69, 9.17) is 10.2 Å². The van der Waals surface area contributed by atoms with Gasteiger partial charge in [0.2, 0.25) is 0 Å². The van der Waals surface area contributed by atoms with Gasteiger partial charge in [0.05, 0.1) is 20.2 Å². The van der Waals surface area contributed by atoms with Crippen molar-refractivity contribution in [1.82, 2.24) is 0 Å². The quantitative estimate of drug-likeness (QED) is 0.517. The molecule has 0 bridgehead atoms. The molecule has 0 amide bonds. The molecule has 2 N–H and O–H groups in total. The lowest BCUT2D eigenvalue weighted by Gasteiger charge is -2.32. The summed E-state index contributed by atoms with van der Waals surface area (Å²) in [6.45, 7) is 1.37. The van der Waals surface area contributed by atoms with Crippen LogP contribution in [0.3, 0.4) is 0 Å². The molecule has 10 heavy (non-hydrogen) atoms. The van der Waals surface area contributed by atoms with E-state index in [1.54, 1.807) is 0 Å². The first-order valence-electron chi connectivity index (χ1n) is 3.79. The summed E-state index contributed by atoms with van der Waals surface area (Å²) in [5, 5.41) is 17.9. The maximum absolute atomic E-state index is 8.99. The van der Waals surface area contributed by atoms with Gasteiger partial charge in [0.15, 0.2) is 6.73 Å². The summed E-state index contributed by atoms with van der Waals surface area (Å²) in [6, 6.07) is 0.269. The van der Waals surface area contributed by atoms with Gasteiger partial charge in [0, 0.05) is 12.8 Å². The van der Waals surface area contributed by atoms with Gasteiger partial charge < -0.3 is 10.2 Å². The summed E-state index contributed by atoms with van der Waals surface area (Å²) in [7, 11) is 1.99. The number of aliphatic hydroxyl groups is 2. The molecular weight excluding hydrogens is 130 g/mol. The van der Waals surface area contributed by atoms with Crippen LogP contribution in [0.25, 0.3) is 0 Å². The summed E-state index contributed by atoms with van der Waals surface area (Å²) in [4.78, 5) is 0. The Kier molecular flexibility index (Phi) is 2.28. The molecule has 0 aromatic rings. The normalized spacial score (nSPS) is 40.5. The standard InChI is InChI=1S/C7H16NO2/c1-8(6-10)4-2-3-7(8)5-9/h7,9-10H,2-6H2,1H3/q+1. The van der Waals surface area contributed by atoms with E-state index in [0.717, 1.165) is 19.4 Å². The molecular formula is C7H16NO2+. The van der Waals surface area contributed by atoms with Gasteiger partial charge in [-0.25, -0.2) is 0 Å². The first-order valence-corrected chi connectivity index (χ1v) is 3.79. The van der Waals surface area contributed by atoms with E-state index in [1.165, 1.54) is 0 Å². The number of quaternary nitrogens is 1. The van der Waals surface area contributed by atoms with Crippen molar-refractivity contribution in [3.8, 4) is 0 Å². The zero-order valence-corrected chi connectivity index (χ0v) is 6.45. The minimum absolute atomic E-state index is 0.158. The second-order valence-electron chi connectivity index (χ2n) is 3.32. The van der Waals surface area contributed by atoms with Gasteiger partial charge in [-0.3, -0.25) is 4.48 Å². The number of rotatable bonds is 2. The maximum atomic E-state index is 8.99. The van der Waals surface area contributed by atoms with Crippen LogP contribution in [-0.2, 0) is 0 Å². The Morgan fingerprint density at radius 2 is 2.20 bits per heavy atom. The third-order valence-corrected chi connectivity index (χ3v) is 2.62. The highest BCUT2D eigenvalue weighted by atomic mass is 16.3. The highest BCUT2D eigenvalue weighted by molar-refractivity contribution is 4.64. The molecule has 1 aliphatic rings. The van der Waals surface area contributed by atoms with Crippen LogP contribution in [0.1, 0.15) is 12.8 Å². The molecule has 0 aliphatic carbocycles. The molecule has 0 saturated carbocycles. The molecule has 1 fully saturated rings. The minimum atomic E-state index is 0.158. The number of nitrogens with zero attached hydrogens (tertiary/aromatic N) is 1. The summed E-state index contributed by atoms with van der Waals surface area (Å²) in [5.74, 6) is 0. The number of aliphatic hydroxyl groups excluding tert-OH is 2. The second-order valence-corrected chi connectivity index (χ2v) is 3.32. The molecule has 60 valence electrons. The van der Waals surface area contributed by atoms with E-state index >= 15 is 0 Å². The Balaban J connectivity index is 2.56. The average molecular weight is 146 g/mol. The zero-order chi connectivity index (χ0) is 7.61. The summed E-state index contributed by atoms with van der Waals surface area (Å²) >= 11 is 0. The van der Waals surface area contributed by atoms with Crippen LogP contribution in [0.2, 0.25) is 0 Å². The van der Waals surface area contributed by atoms with Crippen LogP contribution >= 0.6 is 0 Å². The molecule has 0 radical (unpaired) electrons. The molecule has 1 heterocycles. The van der Waals surface area contributed by atoms with Gasteiger partial charge in [0.1, 0.15) is 6.04 Å². The first kappa shape index (κ1) is 7.98. The number of hydrogen-bond donors (Lipinski definition) is 2. The van der Waals surface area contributed by atoms with Crippen molar-refractivity contribution < 1.29 is 14.7 Å². The predicted molar refractivity (Wildman–Crippen MR) is 38.2 cm³/mol. The molecule has 2 atom stereocenters. The third kappa shape index (κ3) is 1.17. The van der Waals surface area contributed by atoms with Crippen LogP contribution in [0.4, 0.5) is 0 Å². The lowest BCUT2D eigenvalue weighted by Crippen LogP contribution is -2.50. The van der Waals surface area contributed by atoms with Crippen LogP contribution in [0.5, 0.6) is 0 Å². The third-order valence-electron chi connectivity index (χ3n) is 2.62. The van der Waals surface area contributed by atoms with Gasteiger partial charge in [-0.15, -0.1) is 0 Å². The van der Waals surface area contributed by atoms with Crippen molar-refractivity contribution in [1.29, 1.82) is 0 Å². The van der Waals surface area contributed by atoms with E-state index in [0.29, 0.717) is 4.48 Å². The molecule has 1 aliphatic heterocycles. The fourth-order valence-corrected chi connectivity index (χ4v) is 1.66.